The van der Waals surface area contributed by atoms with Crippen LogP contribution in [0.15, 0.2) is 36.4 Å². The summed E-state index contributed by atoms with van der Waals surface area (Å²) in [6, 6.07) is 9.08. The second kappa shape index (κ2) is 15.2. The summed E-state index contributed by atoms with van der Waals surface area (Å²) < 4.78 is 29.0. The molecule has 1 N–H and O–H groups in total. The molecule has 0 aliphatic carbocycles. The van der Waals surface area contributed by atoms with Crippen LogP contribution in [0.25, 0.3) is 0 Å². The van der Waals surface area contributed by atoms with Gasteiger partial charge in [-0.2, -0.15) is 0 Å². The summed E-state index contributed by atoms with van der Waals surface area (Å²) in [6.45, 7) is 8.18. The number of hydrogen-bond acceptors (Lipinski definition) is 4. The van der Waals surface area contributed by atoms with Gasteiger partial charge in [0.05, 0.1) is 10.0 Å². The van der Waals surface area contributed by atoms with Gasteiger partial charge in [-0.3, -0.25) is 14.5 Å². The molecule has 2 aromatic carbocycles. The van der Waals surface area contributed by atoms with E-state index in [-0.39, 0.29) is 24.4 Å². The van der Waals surface area contributed by atoms with Gasteiger partial charge in [-0.05, 0) is 102 Å². The Kier molecular flexibility index (Phi) is 11.8. The van der Waals surface area contributed by atoms with Crippen molar-refractivity contribution in [3.63, 3.8) is 0 Å². The van der Waals surface area contributed by atoms with E-state index < -0.39 is 28.6 Å². The Hall–Kier alpha value is -2.26. The lowest BCUT2D eigenvalue weighted by molar-refractivity contribution is -0.150. The van der Waals surface area contributed by atoms with Gasteiger partial charge in [-0.25, -0.2) is 8.78 Å². The molecule has 0 radical (unpaired) electrons. The van der Waals surface area contributed by atoms with Gasteiger partial charge < -0.3 is 15.1 Å². The highest BCUT2D eigenvalue weighted by Gasteiger charge is 2.49. The van der Waals surface area contributed by atoms with Crippen LogP contribution in [-0.4, -0.2) is 84.4 Å². The highest BCUT2D eigenvalue weighted by Crippen LogP contribution is 2.38. The summed E-state index contributed by atoms with van der Waals surface area (Å²) in [7, 11) is 1.57. The Bertz CT molecular complexity index is 1250. The van der Waals surface area contributed by atoms with E-state index in [1.54, 1.807) is 13.1 Å². The quantitative estimate of drug-likeness (QED) is 0.296. The third-order valence-electron chi connectivity index (χ3n) is 9.34. The molecular weight excluding hydrogens is 593 g/mol. The Morgan fingerprint density at radius 1 is 1.05 bits per heavy atom. The average molecular weight is 638 g/mol. The number of halogens is 4. The van der Waals surface area contributed by atoms with Gasteiger partial charge in [0.1, 0.15) is 22.7 Å². The Labute approximate surface area is 264 Å². The molecule has 2 amide bonds. The van der Waals surface area contributed by atoms with Crippen molar-refractivity contribution in [2.75, 3.05) is 46.3 Å². The molecule has 2 aromatic rings. The zero-order chi connectivity index (χ0) is 31.1. The molecule has 2 unspecified atom stereocenters. The van der Waals surface area contributed by atoms with Crippen LogP contribution in [0, 0.1) is 11.6 Å². The Morgan fingerprint density at radius 2 is 1.72 bits per heavy atom. The number of nitrogens with zero attached hydrogens (tertiary/aromatic N) is 3. The van der Waals surface area contributed by atoms with Crippen LogP contribution in [0.5, 0.6) is 0 Å². The number of piperidine rings is 2. The van der Waals surface area contributed by atoms with Gasteiger partial charge >= 0.3 is 0 Å². The first-order chi connectivity index (χ1) is 20.6. The van der Waals surface area contributed by atoms with E-state index in [9.17, 15) is 18.4 Å². The standard InChI is InChI=1S/C33H44Cl2F2N4O2/c1-4-40(5-2)32(43)33(16-18-38-19-17-33)41-20-7-6-9-25(41)14-12-24(23-13-15-26(34)27(35)21-23)22-39(3)31(42)30-28(36)10-8-11-29(30)37/h8,10-11,13,15,21,24-25,38H,4-7,9,12,14,16-20,22H2,1-3H3. The number of nitrogens with one attached hydrogen (secondary N) is 1. The van der Waals surface area contributed by atoms with E-state index in [0.717, 1.165) is 75.9 Å². The van der Waals surface area contributed by atoms with Gasteiger partial charge in [0.25, 0.3) is 5.91 Å². The SMILES string of the molecule is CCN(CC)C(=O)C1(N2CCCCC2CCC(CN(C)C(=O)c2c(F)cccc2F)c2ccc(Cl)c(Cl)c2)CCNCC1. The minimum Gasteiger partial charge on any atom is -0.342 e. The summed E-state index contributed by atoms with van der Waals surface area (Å²) in [5, 5.41) is 4.29. The first-order valence-corrected chi connectivity index (χ1v) is 16.3. The number of hydrogen-bond donors (Lipinski definition) is 1. The molecule has 0 saturated carbocycles. The fraction of sp³-hybridized carbons (Fsp3) is 0.576. The van der Waals surface area contributed by atoms with Gasteiger partial charge in [0, 0.05) is 38.6 Å². The summed E-state index contributed by atoms with van der Waals surface area (Å²) in [6.07, 6.45) is 6.20. The summed E-state index contributed by atoms with van der Waals surface area (Å²) in [4.78, 5) is 33.2. The summed E-state index contributed by atoms with van der Waals surface area (Å²) in [5.41, 5.74) is -0.184. The van der Waals surface area contributed by atoms with Crippen molar-refractivity contribution in [1.29, 1.82) is 0 Å². The zero-order valence-corrected chi connectivity index (χ0v) is 27.0. The molecule has 10 heteroatoms. The summed E-state index contributed by atoms with van der Waals surface area (Å²) in [5.74, 6) is -2.41. The van der Waals surface area contributed by atoms with Crippen LogP contribution in [0.1, 0.15) is 80.6 Å². The van der Waals surface area contributed by atoms with Crippen LogP contribution in [0.3, 0.4) is 0 Å². The molecule has 43 heavy (non-hydrogen) atoms. The third kappa shape index (κ3) is 7.52. The second-order valence-corrected chi connectivity index (χ2v) is 12.6. The molecule has 236 valence electrons. The molecule has 2 aliphatic heterocycles. The van der Waals surface area contributed by atoms with Crippen molar-refractivity contribution in [1.82, 2.24) is 20.0 Å². The number of amides is 2. The molecule has 0 aromatic heterocycles. The molecular formula is C33H44Cl2F2N4O2. The maximum atomic E-state index is 14.5. The van der Waals surface area contributed by atoms with Crippen LogP contribution in [0.4, 0.5) is 8.78 Å². The van der Waals surface area contributed by atoms with Crippen molar-refractivity contribution in [3.8, 4) is 0 Å². The molecule has 6 nitrogen and oxygen atoms in total. The van der Waals surface area contributed by atoms with E-state index in [4.69, 9.17) is 23.2 Å². The molecule has 2 saturated heterocycles. The number of benzene rings is 2. The number of likely N-dealkylation sites (N-methyl/N-ethyl adjacent to an activating group) is 2. The maximum Gasteiger partial charge on any atom is 0.259 e. The van der Waals surface area contributed by atoms with Gasteiger partial charge in [0.2, 0.25) is 5.91 Å². The van der Waals surface area contributed by atoms with E-state index in [2.05, 4.69) is 10.2 Å². The lowest BCUT2D eigenvalue weighted by Gasteiger charge is -2.52. The fourth-order valence-electron chi connectivity index (χ4n) is 6.96. The van der Waals surface area contributed by atoms with Gasteiger partial charge in [-0.15, -0.1) is 0 Å². The molecule has 2 heterocycles. The van der Waals surface area contributed by atoms with Crippen LogP contribution >= 0.6 is 23.2 Å². The fourth-order valence-corrected chi connectivity index (χ4v) is 7.27. The minimum atomic E-state index is -0.883. The topological polar surface area (TPSA) is 55.9 Å². The minimum absolute atomic E-state index is 0.162. The first-order valence-electron chi connectivity index (χ1n) is 15.5. The van der Waals surface area contributed by atoms with Crippen LogP contribution in [-0.2, 0) is 4.79 Å². The predicted molar refractivity (Wildman–Crippen MR) is 169 cm³/mol. The zero-order valence-electron chi connectivity index (χ0n) is 25.5. The van der Waals surface area contributed by atoms with E-state index in [1.807, 2.05) is 30.9 Å². The number of carbonyl (C=O) groups is 2. The van der Waals surface area contributed by atoms with Crippen molar-refractivity contribution in [2.45, 2.75) is 76.3 Å². The van der Waals surface area contributed by atoms with Crippen molar-refractivity contribution >= 4 is 35.0 Å². The molecule has 2 atom stereocenters. The van der Waals surface area contributed by atoms with E-state index >= 15 is 0 Å². The monoisotopic (exact) mass is 636 g/mol. The van der Waals surface area contributed by atoms with E-state index in [1.165, 1.54) is 11.0 Å². The lowest BCUT2D eigenvalue weighted by Crippen LogP contribution is -2.66. The highest BCUT2D eigenvalue weighted by molar-refractivity contribution is 6.42. The Morgan fingerprint density at radius 3 is 2.35 bits per heavy atom. The van der Waals surface area contributed by atoms with Gasteiger partial charge in [-0.1, -0.05) is 41.8 Å². The number of carbonyl (C=O) groups excluding carboxylic acids is 2. The second-order valence-electron chi connectivity index (χ2n) is 11.8. The lowest BCUT2D eigenvalue weighted by atomic mass is 9.80. The molecule has 2 fully saturated rings. The Balaban J connectivity index is 1.60. The van der Waals surface area contributed by atoms with Crippen molar-refractivity contribution in [3.05, 3.63) is 69.2 Å². The third-order valence-corrected chi connectivity index (χ3v) is 10.1. The number of rotatable bonds is 11. The highest BCUT2D eigenvalue weighted by atomic mass is 35.5. The van der Waals surface area contributed by atoms with Crippen molar-refractivity contribution in [2.24, 2.45) is 0 Å². The van der Waals surface area contributed by atoms with Crippen molar-refractivity contribution < 1.29 is 18.4 Å². The maximum absolute atomic E-state index is 14.5. The normalized spacial score (nSPS) is 19.6. The predicted octanol–water partition coefficient (Wildman–Crippen LogP) is 6.75. The van der Waals surface area contributed by atoms with Gasteiger partial charge in [0.15, 0.2) is 0 Å². The summed E-state index contributed by atoms with van der Waals surface area (Å²) >= 11 is 12.6. The molecule has 0 spiro atoms. The largest absolute Gasteiger partial charge is 0.342 e. The van der Waals surface area contributed by atoms with Crippen LogP contribution in [0.2, 0.25) is 10.0 Å². The average Bonchev–Trinajstić information content (AvgIpc) is 3.01. The number of likely N-dealkylation sites (tertiary alicyclic amines) is 1. The molecule has 4 rings (SSSR count). The van der Waals surface area contributed by atoms with Crippen LogP contribution < -0.4 is 5.32 Å². The molecule has 2 aliphatic rings. The smallest absolute Gasteiger partial charge is 0.259 e. The molecule has 0 bridgehead atoms. The van der Waals surface area contributed by atoms with E-state index in [0.29, 0.717) is 29.6 Å². The first kappa shape index (κ1) is 33.6.